The van der Waals surface area contributed by atoms with E-state index >= 15 is 0 Å². The predicted molar refractivity (Wildman–Crippen MR) is 82.9 cm³/mol. The van der Waals surface area contributed by atoms with E-state index in [2.05, 4.69) is 5.32 Å². The first-order valence-electron chi connectivity index (χ1n) is 7.33. The van der Waals surface area contributed by atoms with Crippen LogP contribution in [0, 0.1) is 5.92 Å². The average molecular weight is 309 g/mol. The van der Waals surface area contributed by atoms with E-state index in [1.807, 2.05) is 35.2 Å². The summed E-state index contributed by atoms with van der Waals surface area (Å²) in [5, 5.41) is 2.89. The lowest BCUT2D eigenvalue weighted by molar-refractivity contribution is -0.128. The molecule has 0 spiro atoms. The second-order valence-electron chi connectivity index (χ2n) is 5.43. The quantitative estimate of drug-likeness (QED) is 0.785. The number of halogens is 1. The van der Waals surface area contributed by atoms with Crippen LogP contribution in [-0.2, 0) is 16.1 Å². The van der Waals surface area contributed by atoms with Gasteiger partial charge in [0, 0.05) is 44.3 Å². The fourth-order valence-corrected chi connectivity index (χ4v) is 2.65. The first-order valence-corrected chi connectivity index (χ1v) is 7.87. The van der Waals surface area contributed by atoms with Crippen molar-refractivity contribution in [1.29, 1.82) is 0 Å². The molecular formula is C16H21ClN2O2. The first-order chi connectivity index (χ1) is 10.2. The number of alkyl halides is 1. The second-order valence-corrected chi connectivity index (χ2v) is 5.80. The Labute approximate surface area is 130 Å². The Morgan fingerprint density at radius 3 is 2.81 bits per heavy atom. The monoisotopic (exact) mass is 308 g/mol. The topological polar surface area (TPSA) is 49.4 Å². The third-order valence-corrected chi connectivity index (χ3v) is 3.90. The highest BCUT2D eigenvalue weighted by atomic mass is 35.5. The Morgan fingerprint density at radius 2 is 2.10 bits per heavy atom. The highest BCUT2D eigenvalue weighted by Crippen LogP contribution is 2.19. The van der Waals surface area contributed by atoms with E-state index in [0.717, 1.165) is 5.56 Å². The largest absolute Gasteiger partial charge is 0.356 e. The van der Waals surface area contributed by atoms with E-state index < -0.39 is 0 Å². The van der Waals surface area contributed by atoms with Crippen molar-refractivity contribution in [3.63, 3.8) is 0 Å². The average Bonchev–Trinajstić information content (AvgIpc) is 2.84. The molecule has 5 heteroatoms. The van der Waals surface area contributed by atoms with Crippen molar-refractivity contribution in [1.82, 2.24) is 10.2 Å². The van der Waals surface area contributed by atoms with Crippen molar-refractivity contribution in [2.24, 2.45) is 5.92 Å². The van der Waals surface area contributed by atoms with Crippen LogP contribution < -0.4 is 5.32 Å². The third-order valence-electron chi connectivity index (χ3n) is 3.64. The van der Waals surface area contributed by atoms with Gasteiger partial charge >= 0.3 is 0 Å². The van der Waals surface area contributed by atoms with Gasteiger partial charge in [0.15, 0.2) is 0 Å². The molecule has 1 saturated heterocycles. The summed E-state index contributed by atoms with van der Waals surface area (Å²) in [5.41, 5.74) is 1.14. The summed E-state index contributed by atoms with van der Waals surface area (Å²) in [5.74, 6) is 0.893. The van der Waals surface area contributed by atoms with Gasteiger partial charge in [-0.15, -0.1) is 11.6 Å². The van der Waals surface area contributed by atoms with E-state index in [4.69, 9.17) is 11.6 Å². The number of rotatable bonds is 7. The van der Waals surface area contributed by atoms with Crippen molar-refractivity contribution >= 4 is 23.4 Å². The lowest BCUT2D eigenvalue weighted by atomic mass is 10.1. The predicted octanol–water partition coefficient (Wildman–Crippen LogP) is 2.17. The summed E-state index contributed by atoms with van der Waals surface area (Å²) < 4.78 is 0. The minimum absolute atomic E-state index is 0.0182. The molecule has 0 saturated carbocycles. The highest BCUT2D eigenvalue weighted by molar-refractivity contribution is 6.17. The maximum Gasteiger partial charge on any atom is 0.223 e. The number of nitrogens with zero attached hydrogens (tertiary/aromatic N) is 1. The van der Waals surface area contributed by atoms with E-state index in [1.165, 1.54) is 0 Å². The minimum Gasteiger partial charge on any atom is -0.356 e. The summed E-state index contributed by atoms with van der Waals surface area (Å²) in [7, 11) is 0. The number of carbonyl (C=O) groups excluding carboxylic acids is 2. The Bertz CT molecular complexity index is 478. The molecule has 0 aliphatic carbocycles. The molecule has 1 aliphatic rings. The highest BCUT2D eigenvalue weighted by Gasteiger charge is 2.29. The second kappa shape index (κ2) is 8.03. The minimum atomic E-state index is 0.0182. The molecule has 1 aliphatic heterocycles. The maximum atomic E-state index is 12.0. The van der Waals surface area contributed by atoms with Crippen molar-refractivity contribution in [3.05, 3.63) is 35.9 Å². The lowest BCUT2D eigenvalue weighted by Crippen LogP contribution is -2.31. The molecule has 0 aromatic heterocycles. The molecule has 1 N–H and O–H groups in total. The fourth-order valence-electron chi connectivity index (χ4n) is 2.52. The van der Waals surface area contributed by atoms with Gasteiger partial charge in [0.2, 0.25) is 11.8 Å². The number of hydrogen-bond donors (Lipinski definition) is 1. The number of likely N-dealkylation sites (tertiary alicyclic amines) is 1. The Balaban J connectivity index is 1.76. The van der Waals surface area contributed by atoms with Gasteiger partial charge in [0.05, 0.1) is 0 Å². The zero-order chi connectivity index (χ0) is 15.1. The molecule has 114 valence electrons. The molecule has 1 atom stereocenters. The smallest absolute Gasteiger partial charge is 0.223 e. The van der Waals surface area contributed by atoms with Gasteiger partial charge in [-0.25, -0.2) is 0 Å². The summed E-state index contributed by atoms with van der Waals surface area (Å²) >= 11 is 5.56. The Hall–Kier alpha value is -1.55. The first kappa shape index (κ1) is 15.8. The molecule has 1 aromatic rings. The van der Waals surface area contributed by atoms with Crippen molar-refractivity contribution in [3.8, 4) is 0 Å². The van der Waals surface area contributed by atoms with Gasteiger partial charge < -0.3 is 10.2 Å². The third kappa shape index (κ3) is 5.05. The van der Waals surface area contributed by atoms with Crippen LogP contribution in [-0.4, -0.2) is 35.7 Å². The zero-order valence-electron chi connectivity index (χ0n) is 12.1. The molecule has 1 fully saturated rings. The van der Waals surface area contributed by atoms with Crippen LogP contribution in [0.4, 0.5) is 0 Å². The van der Waals surface area contributed by atoms with Gasteiger partial charge in [0.1, 0.15) is 0 Å². The standard InChI is InChI=1S/C16H21ClN2O2/c17-8-4-7-15(20)18-10-14-9-16(21)19(12-14)11-13-5-2-1-3-6-13/h1-3,5-6,14H,4,7-12H2,(H,18,20). The van der Waals surface area contributed by atoms with Crippen molar-refractivity contribution in [2.45, 2.75) is 25.8 Å². The molecule has 2 rings (SSSR count). The molecule has 1 aromatic carbocycles. The summed E-state index contributed by atoms with van der Waals surface area (Å²) in [6.07, 6.45) is 1.66. The van der Waals surface area contributed by atoms with Crippen LogP contribution in [0.5, 0.6) is 0 Å². The lowest BCUT2D eigenvalue weighted by Gasteiger charge is -2.17. The number of benzene rings is 1. The summed E-state index contributed by atoms with van der Waals surface area (Å²) in [6, 6.07) is 9.96. The summed E-state index contributed by atoms with van der Waals surface area (Å²) in [4.78, 5) is 25.4. The molecule has 0 radical (unpaired) electrons. The van der Waals surface area contributed by atoms with E-state index in [-0.39, 0.29) is 17.7 Å². The van der Waals surface area contributed by atoms with Crippen LogP contribution in [0.2, 0.25) is 0 Å². The number of carbonyl (C=O) groups is 2. The molecule has 21 heavy (non-hydrogen) atoms. The number of amides is 2. The van der Waals surface area contributed by atoms with Crippen LogP contribution >= 0.6 is 11.6 Å². The SMILES string of the molecule is O=C(CCCCl)NCC1CC(=O)N(Cc2ccccc2)C1. The number of hydrogen-bond acceptors (Lipinski definition) is 2. The zero-order valence-corrected chi connectivity index (χ0v) is 12.8. The Morgan fingerprint density at radius 1 is 1.33 bits per heavy atom. The van der Waals surface area contributed by atoms with Gasteiger partial charge in [-0.3, -0.25) is 9.59 Å². The molecule has 0 bridgehead atoms. The molecule has 1 unspecified atom stereocenters. The van der Waals surface area contributed by atoms with Gasteiger partial charge in [-0.05, 0) is 12.0 Å². The molecule has 1 heterocycles. The van der Waals surface area contributed by atoms with Crippen molar-refractivity contribution < 1.29 is 9.59 Å². The maximum absolute atomic E-state index is 12.0. The summed E-state index contributed by atoms with van der Waals surface area (Å²) in [6.45, 7) is 1.93. The molecule has 4 nitrogen and oxygen atoms in total. The van der Waals surface area contributed by atoms with Crippen LogP contribution in [0.25, 0.3) is 0 Å². The number of nitrogens with one attached hydrogen (secondary N) is 1. The molecule has 2 amide bonds. The van der Waals surface area contributed by atoms with Crippen LogP contribution in [0.3, 0.4) is 0 Å². The Kier molecular flexibility index (Phi) is 6.05. The van der Waals surface area contributed by atoms with Gasteiger partial charge in [-0.2, -0.15) is 0 Å². The normalized spacial score (nSPS) is 18.0. The van der Waals surface area contributed by atoms with Gasteiger partial charge in [0.25, 0.3) is 0 Å². The van der Waals surface area contributed by atoms with Crippen LogP contribution in [0.15, 0.2) is 30.3 Å². The van der Waals surface area contributed by atoms with Crippen molar-refractivity contribution in [2.75, 3.05) is 19.0 Å². The fraction of sp³-hybridized carbons (Fsp3) is 0.500. The molecular weight excluding hydrogens is 288 g/mol. The van der Waals surface area contributed by atoms with E-state index in [0.29, 0.717) is 44.8 Å². The van der Waals surface area contributed by atoms with Crippen LogP contribution in [0.1, 0.15) is 24.8 Å². The van der Waals surface area contributed by atoms with E-state index in [1.54, 1.807) is 0 Å². The van der Waals surface area contributed by atoms with Gasteiger partial charge in [-0.1, -0.05) is 30.3 Å². The van der Waals surface area contributed by atoms with E-state index in [9.17, 15) is 9.59 Å².